The van der Waals surface area contributed by atoms with Crippen LogP contribution in [0.5, 0.6) is 0 Å². The number of nitrogens with zero attached hydrogens (tertiary/aromatic N) is 10. The van der Waals surface area contributed by atoms with Crippen LogP contribution in [0, 0.1) is 63.4 Å². The number of carboxylic acids is 1. The highest BCUT2D eigenvalue weighted by Gasteiger charge is 2.30. The molecule has 0 spiro atoms. The summed E-state index contributed by atoms with van der Waals surface area (Å²) in [6.45, 7) is 9.47. The Labute approximate surface area is 512 Å². The molecule has 5 aromatic carbocycles. The standard InChI is InChI=1S/C25H23FN8O2.C25H22FN5O2.C14H12FN3O3/c1-13-9-15(3-7-19(13)26)11-27-24(35)21-10-22(29-12-28-21)25(36)30-20-8-6-16-14(2)17(4-5-18(16)20)23-31-33-34-32-23;1-14-9-16(3-7-20(14)26)12-28-24(32)22-10-23(30-13-29-22)25(33)31-21-8-6-18-15(2)17(11-27)4-5-19(18)21;1-8-4-9(2-3-10(8)15)6-16-13(19)11-5-12(14(20)21)18-7-17-11/h3-5,7,9-10,12,20H,6,8,11H2,1-2H3,(H,27,35)(H,30,36)(H,31,32,33,34);3-5,7,9-10,13,21H,6,8,12H2,1-2H3,(H,28,32)(H,31,33);2-5,7H,6H2,1H3,(H,16,19)(H,20,21)/t20-;21-;/m00./s1. The summed E-state index contributed by atoms with van der Waals surface area (Å²) in [7, 11) is 0. The van der Waals surface area contributed by atoms with E-state index >= 15 is 0 Å². The summed E-state index contributed by atoms with van der Waals surface area (Å²) in [5.41, 5.74) is 11.6. The second-order valence-electron chi connectivity index (χ2n) is 21.1. The molecule has 0 saturated heterocycles. The van der Waals surface area contributed by atoms with Crippen molar-refractivity contribution in [2.24, 2.45) is 0 Å². The molecule has 0 radical (unpaired) electrons. The van der Waals surface area contributed by atoms with Gasteiger partial charge in [-0.1, -0.05) is 54.6 Å². The molecule has 4 aromatic heterocycles. The lowest BCUT2D eigenvalue weighted by molar-refractivity contribution is 0.0689. The highest BCUT2D eigenvalue weighted by atomic mass is 19.1. The maximum atomic E-state index is 13.5. The number of carboxylic acid groups (broad SMARTS) is 1. The van der Waals surface area contributed by atoms with Crippen LogP contribution in [-0.4, -0.2) is 91.1 Å². The molecular weight excluding hydrogens is 1160 g/mol. The van der Waals surface area contributed by atoms with Crippen molar-refractivity contribution in [3.05, 3.63) is 240 Å². The lowest BCUT2D eigenvalue weighted by atomic mass is 9.97. The Morgan fingerprint density at radius 3 is 1.30 bits per heavy atom. The van der Waals surface area contributed by atoms with E-state index in [1.165, 1.54) is 43.0 Å². The smallest absolute Gasteiger partial charge is 0.354 e. The third-order valence-electron chi connectivity index (χ3n) is 15.1. The third-order valence-corrected chi connectivity index (χ3v) is 15.1. The summed E-state index contributed by atoms with van der Waals surface area (Å²) in [5, 5.41) is 46.3. The summed E-state index contributed by atoms with van der Waals surface area (Å²) in [6.07, 6.45) is 6.44. The number of hydrogen-bond donors (Lipinski definition) is 7. The minimum absolute atomic E-state index is 0.0405. The van der Waals surface area contributed by atoms with Crippen LogP contribution in [0.4, 0.5) is 13.2 Å². The Bertz CT molecular complexity index is 4290. The quantitative estimate of drug-likeness (QED) is 0.0515. The average molecular weight is 1220 g/mol. The van der Waals surface area contributed by atoms with Gasteiger partial charge in [0.1, 0.15) is 64.9 Å². The van der Waals surface area contributed by atoms with Crippen LogP contribution in [0.2, 0.25) is 0 Å². The molecule has 0 aliphatic heterocycles. The number of aromatic nitrogens is 10. The largest absolute Gasteiger partial charge is 0.477 e. The highest BCUT2D eigenvalue weighted by molar-refractivity contribution is 5.98. The van der Waals surface area contributed by atoms with Gasteiger partial charge < -0.3 is 31.7 Å². The molecule has 2 aliphatic carbocycles. The number of aromatic carboxylic acids is 1. The van der Waals surface area contributed by atoms with Crippen molar-refractivity contribution in [1.29, 1.82) is 5.26 Å². The number of fused-ring (bicyclic) bond motifs is 2. The van der Waals surface area contributed by atoms with E-state index in [2.05, 4.69) is 83.2 Å². The molecule has 0 unspecified atom stereocenters. The predicted molar refractivity (Wildman–Crippen MR) is 317 cm³/mol. The number of hydrogen-bond acceptors (Lipinski definition) is 16. The molecule has 4 heterocycles. The first-order valence-electron chi connectivity index (χ1n) is 28.0. The second-order valence-corrected chi connectivity index (χ2v) is 21.1. The SMILES string of the molecule is Cc1cc(CNC(=O)c2cc(C(=O)N[C@H]3CCc4c3ccc(-c3nn[nH]n3)c4C)ncn2)ccc1F.Cc1cc(CNC(=O)c2cc(C(=O)N[C@H]3CCc4c3ccc(C#N)c4C)ncn2)ccc1F.Cc1cc(CNC(=O)c2cc(C(=O)O)ncn2)ccc1F. The highest BCUT2D eigenvalue weighted by Crippen LogP contribution is 2.37. The fourth-order valence-electron chi connectivity index (χ4n) is 10.2. The van der Waals surface area contributed by atoms with Crippen LogP contribution in [0.25, 0.3) is 11.4 Å². The Balaban J connectivity index is 0.000000166. The van der Waals surface area contributed by atoms with Gasteiger partial charge in [0.2, 0.25) is 5.82 Å². The van der Waals surface area contributed by atoms with Gasteiger partial charge in [0.15, 0.2) is 5.69 Å². The maximum absolute atomic E-state index is 13.5. The van der Waals surface area contributed by atoms with E-state index in [0.717, 1.165) is 93.7 Å². The van der Waals surface area contributed by atoms with E-state index in [9.17, 15) is 47.2 Å². The minimum atomic E-state index is -1.24. The van der Waals surface area contributed by atoms with Crippen molar-refractivity contribution in [2.45, 2.75) is 92.0 Å². The van der Waals surface area contributed by atoms with Crippen molar-refractivity contribution < 1.29 is 47.0 Å². The number of rotatable bonds is 15. The Kier molecular flexibility index (Phi) is 19.9. The molecule has 5 amide bonds. The number of carbonyl (C=O) groups excluding carboxylic acids is 5. The number of tetrazole rings is 1. The van der Waals surface area contributed by atoms with Crippen LogP contribution in [-0.2, 0) is 32.5 Å². The molecule has 90 heavy (non-hydrogen) atoms. The number of aryl methyl sites for hydroxylation is 3. The predicted octanol–water partition coefficient (Wildman–Crippen LogP) is 7.76. The molecule has 456 valence electrons. The van der Waals surface area contributed by atoms with E-state index < -0.39 is 35.5 Å². The first-order chi connectivity index (χ1) is 43.2. The first kappa shape index (κ1) is 63.0. The van der Waals surface area contributed by atoms with Gasteiger partial charge in [-0.05, 0) is 157 Å². The molecule has 0 fully saturated rings. The van der Waals surface area contributed by atoms with Crippen molar-refractivity contribution in [3.8, 4) is 17.5 Å². The van der Waals surface area contributed by atoms with Gasteiger partial charge in [0, 0.05) is 43.4 Å². The van der Waals surface area contributed by atoms with Gasteiger partial charge in [-0.2, -0.15) is 10.5 Å². The number of benzene rings is 5. The van der Waals surface area contributed by atoms with E-state index in [4.69, 9.17) is 5.11 Å². The second kappa shape index (κ2) is 28.3. The molecular formula is C64H57F3N16O7. The summed E-state index contributed by atoms with van der Waals surface area (Å²) in [4.78, 5) is 96.8. The summed E-state index contributed by atoms with van der Waals surface area (Å²) in [6, 6.07) is 26.9. The van der Waals surface area contributed by atoms with Crippen molar-refractivity contribution >= 4 is 35.5 Å². The van der Waals surface area contributed by atoms with Crippen molar-refractivity contribution in [2.75, 3.05) is 0 Å². The lowest BCUT2D eigenvalue weighted by Gasteiger charge is -2.15. The van der Waals surface area contributed by atoms with E-state index in [1.54, 1.807) is 63.2 Å². The molecule has 2 atom stereocenters. The number of nitrogens with one attached hydrogen (secondary N) is 6. The maximum Gasteiger partial charge on any atom is 0.354 e. The Morgan fingerprint density at radius 2 is 0.911 bits per heavy atom. The van der Waals surface area contributed by atoms with Gasteiger partial charge in [0.05, 0.1) is 23.7 Å². The van der Waals surface area contributed by atoms with E-state index in [0.29, 0.717) is 28.1 Å². The molecule has 0 saturated carbocycles. The zero-order valence-corrected chi connectivity index (χ0v) is 49.1. The normalized spacial score (nSPS) is 13.4. The number of nitriles is 1. The molecule has 11 rings (SSSR count). The zero-order chi connectivity index (χ0) is 64.2. The summed E-state index contributed by atoms with van der Waals surface area (Å²) >= 11 is 0. The number of H-pyrrole nitrogens is 1. The zero-order valence-electron chi connectivity index (χ0n) is 49.1. The van der Waals surface area contributed by atoms with E-state index in [1.807, 2.05) is 32.0 Å². The Hall–Kier alpha value is -11.5. The summed E-state index contributed by atoms with van der Waals surface area (Å²) < 4.78 is 40.0. The van der Waals surface area contributed by atoms with E-state index in [-0.39, 0.29) is 83.3 Å². The van der Waals surface area contributed by atoms with Crippen LogP contribution in [0.3, 0.4) is 0 Å². The number of halogens is 3. The number of carbonyl (C=O) groups is 6. The monoisotopic (exact) mass is 1220 g/mol. The van der Waals surface area contributed by atoms with Crippen LogP contribution >= 0.6 is 0 Å². The van der Waals surface area contributed by atoms with Crippen LogP contribution in [0.1, 0.15) is 160 Å². The third kappa shape index (κ3) is 15.2. The topological polar surface area (TPSA) is 338 Å². The minimum Gasteiger partial charge on any atom is -0.477 e. The molecule has 23 nitrogen and oxygen atoms in total. The number of aromatic amines is 1. The van der Waals surface area contributed by atoms with Gasteiger partial charge >= 0.3 is 5.97 Å². The first-order valence-corrected chi connectivity index (χ1v) is 28.0. The summed E-state index contributed by atoms with van der Waals surface area (Å²) in [5.74, 6) is -3.85. The van der Waals surface area contributed by atoms with Crippen LogP contribution in [0.15, 0.2) is 116 Å². The van der Waals surface area contributed by atoms with Gasteiger partial charge in [-0.3, -0.25) is 24.0 Å². The van der Waals surface area contributed by atoms with Gasteiger partial charge in [-0.15, -0.1) is 10.2 Å². The fraction of sp³-hybridized carbons (Fsp3) is 0.219. The molecule has 0 bridgehead atoms. The lowest BCUT2D eigenvalue weighted by Crippen LogP contribution is -2.29. The molecule has 7 N–H and O–H groups in total. The number of amides is 5. The van der Waals surface area contributed by atoms with Crippen LogP contribution < -0.4 is 26.6 Å². The van der Waals surface area contributed by atoms with Gasteiger partial charge in [0.25, 0.3) is 29.5 Å². The van der Waals surface area contributed by atoms with Gasteiger partial charge in [-0.25, -0.2) is 47.9 Å². The Morgan fingerprint density at radius 1 is 0.522 bits per heavy atom. The average Bonchev–Trinajstić information content (AvgIpc) is 1.66. The molecule has 26 heteroatoms. The molecule has 2 aliphatic rings. The molecule has 9 aromatic rings. The fourth-order valence-corrected chi connectivity index (χ4v) is 10.2. The van der Waals surface area contributed by atoms with Crippen molar-refractivity contribution in [3.63, 3.8) is 0 Å². The van der Waals surface area contributed by atoms with Crippen molar-refractivity contribution in [1.82, 2.24) is 77.1 Å².